The molecular weight excluding hydrogens is 238 g/mol. The van der Waals surface area contributed by atoms with Crippen LogP contribution in [0.5, 0.6) is 0 Å². The summed E-state index contributed by atoms with van der Waals surface area (Å²) in [6.07, 6.45) is 4.82. The first-order valence-corrected chi connectivity index (χ1v) is 7.27. The zero-order valence-corrected chi connectivity index (χ0v) is 11.2. The molecule has 1 aromatic carbocycles. The minimum atomic E-state index is -0.648. The summed E-state index contributed by atoms with van der Waals surface area (Å²) in [5.74, 6) is -0.268. The Hall–Kier alpha value is -1.35. The Balaban J connectivity index is 1.62. The van der Waals surface area contributed by atoms with Crippen molar-refractivity contribution in [2.24, 2.45) is 5.92 Å². The largest absolute Gasteiger partial charge is 0.481 e. The van der Waals surface area contributed by atoms with Gasteiger partial charge in [0.25, 0.3) is 0 Å². The molecular formula is C16H21NO2. The summed E-state index contributed by atoms with van der Waals surface area (Å²) in [6.45, 7) is 2.11. The zero-order valence-electron chi connectivity index (χ0n) is 11.2. The summed E-state index contributed by atoms with van der Waals surface area (Å²) in [5.41, 5.74) is 3.00. The smallest absolute Gasteiger partial charge is 0.303 e. The number of hydrogen-bond acceptors (Lipinski definition) is 2. The second-order valence-electron chi connectivity index (χ2n) is 5.83. The van der Waals surface area contributed by atoms with Gasteiger partial charge in [-0.2, -0.15) is 0 Å². The predicted octanol–water partition coefficient (Wildman–Crippen LogP) is 2.86. The number of benzene rings is 1. The van der Waals surface area contributed by atoms with E-state index in [9.17, 15) is 4.79 Å². The summed E-state index contributed by atoms with van der Waals surface area (Å²) in [4.78, 5) is 13.3. The van der Waals surface area contributed by atoms with Gasteiger partial charge in [0.05, 0.1) is 0 Å². The van der Waals surface area contributed by atoms with Crippen molar-refractivity contribution >= 4 is 5.97 Å². The van der Waals surface area contributed by atoms with Gasteiger partial charge in [0.1, 0.15) is 0 Å². The van der Waals surface area contributed by atoms with Crippen LogP contribution in [0.25, 0.3) is 0 Å². The van der Waals surface area contributed by atoms with Crippen molar-refractivity contribution in [1.29, 1.82) is 0 Å². The fraction of sp³-hybridized carbons (Fsp3) is 0.562. The number of carboxylic acid groups (broad SMARTS) is 1. The molecule has 1 aliphatic heterocycles. The lowest BCUT2D eigenvalue weighted by atomic mass is 9.92. The molecule has 1 heterocycles. The Kier molecular flexibility index (Phi) is 3.56. The first-order chi connectivity index (χ1) is 9.24. The Morgan fingerprint density at radius 2 is 1.95 bits per heavy atom. The van der Waals surface area contributed by atoms with Gasteiger partial charge in [0, 0.05) is 12.5 Å². The summed E-state index contributed by atoms with van der Waals surface area (Å²) in [7, 11) is 0. The van der Waals surface area contributed by atoms with Crippen LogP contribution >= 0.6 is 0 Å². The van der Waals surface area contributed by atoms with E-state index in [0.717, 1.165) is 25.9 Å². The fourth-order valence-corrected chi connectivity index (χ4v) is 3.63. The number of piperidine rings is 1. The average molecular weight is 259 g/mol. The van der Waals surface area contributed by atoms with Crippen molar-refractivity contribution in [1.82, 2.24) is 4.90 Å². The number of carboxylic acids is 1. The third-order valence-corrected chi connectivity index (χ3v) is 4.65. The number of fused-ring (bicyclic) bond motifs is 1. The maximum Gasteiger partial charge on any atom is 0.303 e. The van der Waals surface area contributed by atoms with Crippen LogP contribution in [0.4, 0.5) is 0 Å². The summed E-state index contributed by atoms with van der Waals surface area (Å²) < 4.78 is 0. The summed E-state index contributed by atoms with van der Waals surface area (Å²) in [5, 5.41) is 8.86. The van der Waals surface area contributed by atoms with Crippen molar-refractivity contribution in [3.63, 3.8) is 0 Å². The molecule has 1 fully saturated rings. The van der Waals surface area contributed by atoms with Gasteiger partial charge in [-0.25, -0.2) is 0 Å². The molecule has 1 aromatic rings. The molecule has 3 rings (SSSR count). The summed E-state index contributed by atoms with van der Waals surface area (Å²) in [6, 6.07) is 9.33. The van der Waals surface area contributed by atoms with Crippen LogP contribution < -0.4 is 0 Å². The number of aliphatic carboxylic acids is 1. The zero-order chi connectivity index (χ0) is 13.2. The van der Waals surface area contributed by atoms with Crippen molar-refractivity contribution in [2.75, 3.05) is 13.1 Å². The second kappa shape index (κ2) is 5.33. The lowest BCUT2D eigenvalue weighted by molar-refractivity contribution is -0.138. The monoisotopic (exact) mass is 259 g/mol. The molecule has 0 bridgehead atoms. The van der Waals surface area contributed by atoms with E-state index in [1.165, 1.54) is 24.0 Å². The first-order valence-electron chi connectivity index (χ1n) is 7.27. The van der Waals surface area contributed by atoms with E-state index in [4.69, 9.17) is 5.11 Å². The van der Waals surface area contributed by atoms with Gasteiger partial charge in [0.15, 0.2) is 0 Å². The fourth-order valence-electron chi connectivity index (χ4n) is 3.63. The molecule has 1 saturated heterocycles. The third-order valence-electron chi connectivity index (χ3n) is 4.65. The van der Waals surface area contributed by atoms with Crippen LogP contribution in [0.3, 0.4) is 0 Å². The maximum absolute atomic E-state index is 10.8. The minimum absolute atomic E-state index is 0.342. The molecule has 0 amide bonds. The van der Waals surface area contributed by atoms with E-state index in [2.05, 4.69) is 29.2 Å². The van der Waals surface area contributed by atoms with Gasteiger partial charge in [-0.1, -0.05) is 24.3 Å². The highest BCUT2D eigenvalue weighted by molar-refractivity contribution is 5.67. The van der Waals surface area contributed by atoms with Crippen molar-refractivity contribution in [2.45, 2.75) is 38.1 Å². The highest BCUT2D eigenvalue weighted by Gasteiger charge is 2.30. The highest BCUT2D eigenvalue weighted by atomic mass is 16.4. The van der Waals surface area contributed by atoms with Crippen molar-refractivity contribution in [3.05, 3.63) is 35.4 Å². The van der Waals surface area contributed by atoms with Crippen molar-refractivity contribution in [3.8, 4) is 0 Å². The van der Waals surface area contributed by atoms with E-state index >= 15 is 0 Å². The van der Waals surface area contributed by atoms with E-state index in [1.54, 1.807) is 0 Å². The van der Waals surface area contributed by atoms with E-state index in [-0.39, 0.29) is 0 Å². The third kappa shape index (κ3) is 2.66. The van der Waals surface area contributed by atoms with E-state index < -0.39 is 5.97 Å². The number of carbonyl (C=O) groups is 1. The van der Waals surface area contributed by atoms with Crippen LogP contribution in [-0.2, 0) is 11.2 Å². The quantitative estimate of drug-likeness (QED) is 0.907. The van der Waals surface area contributed by atoms with Crippen LogP contribution in [0, 0.1) is 5.92 Å². The number of aryl methyl sites for hydroxylation is 1. The number of nitrogens with zero attached hydrogens (tertiary/aromatic N) is 1. The molecule has 0 aromatic heterocycles. The molecule has 1 aliphatic carbocycles. The van der Waals surface area contributed by atoms with Crippen LogP contribution in [-0.4, -0.2) is 29.1 Å². The molecule has 3 heteroatoms. The molecule has 3 nitrogen and oxygen atoms in total. The second-order valence-corrected chi connectivity index (χ2v) is 5.83. The first kappa shape index (κ1) is 12.7. The number of likely N-dealkylation sites (tertiary alicyclic amines) is 1. The molecule has 1 N–H and O–H groups in total. The van der Waals surface area contributed by atoms with Gasteiger partial charge >= 0.3 is 5.97 Å². The summed E-state index contributed by atoms with van der Waals surface area (Å²) >= 11 is 0. The molecule has 0 spiro atoms. The Morgan fingerprint density at radius 3 is 2.68 bits per heavy atom. The SMILES string of the molecule is O=C(O)CC1CCN(C2CCc3ccccc32)CC1. The van der Waals surface area contributed by atoms with Gasteiger partial charge in [-0.15, -0.1) is 0 Å². The lowest BCUT2D eigenvalue weighted by Gasteiger charge is -2.36. The van der Waals surface area contributed by atoms with Crippen LogP contribution in [0.2, 0.25) is 0 Å². The Labute approximate surface area is 114 Å². The molecule has 19 heavy (non-hydrogen) atoms. The number of rotatable bonds is 3. The minimum Gasteiger partial charge on any atom is -0.481 e. The van der Waals surface area contributed by atoms with E-state index in [0.29, 0.717) is 18.4 Å². The molecule has 2 aliphatic rings. The molecule has 1 unspecified atom stereocenters. The Morgan fingerprint density at radius 1 is 1.21 bits per heavy atom. The molecule has 1 atom stereocenters. The normalized spacial score (nSPS) is 24.3. The molecule has 0 radical (unpaired) electrons. The lowest BCUT2D eigenvalue weighted by Crippen LogP contribution is -2.36. The molecule has 102 valence electrons. The average Bonchev–Trinajstić information content (AvgIpc) is 2.83. The van der Waals surface area contributed by atoms with Crippen molar-refractivity contribution < 1.29 is 9.90 Å². The van der Waals surface area contributed by atoms with E-state index in [1.807, 2.05) is 0 Å². The van der Waals surface area contributed by atoms with Gasteiger partial charge < -0.3 is 5.11 Å². The topological polar surface area (TPSA) is 40.5 Å². The highest BCUT2D eigenvalue weighted by Crippen LogP contribution is 2.37. The van der Waals surface area contributed by atoms with Gasteiger partial charge in [-0.05, 0) is 55.8 Å². The van der Waals surface area contributed by atoms with Crippen LogP contribution in [0.1, 0.15) is 42.9 Å². The standard InChI is InChI=1S/C16H21NO2/c18-16(19)11-12-7-9-17(10-8-12)15-6-5-13-3-1-2-4-14(13)15/h1-4,12,15H,5-11H2,(H,18,19). The Bertz CT molecular complexity index is 464. The molecule has 0 saturated carbocycles. The van der Waals surface area contributed by atoms with Gasteiger partial charge in [0.2, 0.25) is 0 Å². The predicted molar refractivity (Wildman–Crippen MR) is 74.1 cm³/mol. The number of hydrogen-bond donors (Lipinski definition) is 1. The van der Waals surface area contributed by atoms with Crippen LogP contribution in [0.15, 0.2) is 24.3 Å². The van der Waals surface area contributed by atoms with Gasteiger partial charge in [-0.3, -0.25) is 9.69 Å². The maximum atomic E-state index is 10.8.